The van der Waals surface area contributed by atoms with E-state index in [4.69, 9.17) is 9.05 Å². The number of benzene rings is 1. The number of unbranched alkanes of at least 4 members (excludes halogenated alkanes) is 5. The molecule has 1 unspecified atom stereocenters. The maximum atomic E-state index is 12.7. The normalized spacial score (nSPS) is 13.5. The molecule has 1 atom stereocenters. The minimum Gasteiger partial charge on any atom is -0.424 e. The van der Waals surface area contributed by atoms with Gasteiger partial charge in [-0.05, 0) is 25.5 Å². The van der Waals surface area contributed by atoms with Gasteiger partial charge in [-0.1, -0.05) is 39.0 Å². The smallest absolute Gasteiger partial charge is 0.379 e. The summed E-state index contributed by atoms with van der Waals surface area (Å²) in [6, 6.07) is 5.56. The van der Waals surface area contributed by atoms with Gasteiger partial charge in [-0.2, -0.15) is 0 Å². The number of hydrogen-bond acceptors (Lipinski definition) is 5. The molecule has 1 aromatic carbocycles. The monoisotopic (exact) mass is 343 g/mol. The molecule has 0 aliphatic carbocycles. The minimum atomic E-state index is -3.21. The molecule has 0 aliphatic rings. The van der Waals surface area contributed by atoms with Crippen LogP contribution in [0.2, 0.25) is 0 Å². The van der Waals surface area contributed by atoms with Gasteiger partial charge in [0.05, 0.1) is 17.7 Å². The first-order chi connectivity index (χ1) is 11.0. The number of hydrogen-bond donors (Lipinski definition) is 0. The molecule has 0 amide bonds. The van der Waals surface area contributed by atoms with E-state index in [0.29, 0.717) is 18.5 Å². The van der Waals surface area contributed by atoms with Gasteiger partial charge in [0, 0.05) is 12.1 Å². The van der Waals surface area contributed by atoms with Crippen molar-refractivity contribution in [3.05, 3.63) is 34.4 Å². The molecule has 0 aliphatic heterocycles. The Morgan fingerprint density at radius 3 is 2.22 bits per heavy atom. The molecule has 23 heavy (non-hydrogen) atoms. The molecular weight excluding hydrogens is 317 g/mol. The molecule has 0 aromatic heterocycles. The average molecular weight is 343 g/mol. The molecule has 6 nitrogen and oxygen atoms in total. The number of rotatable bonds is 12. The van der Waals surface area contributed by atoms with Crippen LogP contribution in [-0.2, 0) is 9.09 Å². The summed E-state index contributed by atoms with van der Waals surface area (Å²) in [5.41, 5.74) is -0.0282. The van der Waals surface area contributed by atoms with Crippen LogP contribution in [0.15, 0.2) is 24.3 Å². The van der Waals surface area contributed by atoms with Gasteiger partial charge in [0.15, 0.2) is 0 Å². The lowest BCUT2D eigenvalue weighted by Gasteiger charge is -2.18. The molecule has 130 valence electrons. The standard InChI is InChI=1S/C16H26NO5P/c1-3-5-6-7-8-9-14-23(20,21-4-2)22-16-12-10-15(11-13-16)17(18)19/h10-13H,3-9,14H2,1-2H3. The van der Waals surface area contributed by atoms with Crippen molar-refractivity contribution in [1.82, 2.24) is 0 Å². The molecule has 0 radical (unpaired) electrons. The third kappa shape index (κ3) is 7.62. The number of nitro groups is 1. The van der Waals surface area contributed by atoms with Crippen molar-refractivity contribution in [3.63, 3.8) is 0 Å². The second kappa shape index (κ2) is 10.4. The molecule has 0 saturated heterocycles. The zero-order valence-electron chi connectivity index (χ0n) is 13.9. The van der Waals surface area contributed by atoms with Crippen molar-refractivity contribution in [1.29, 1.82) is 0 Å². The van der Waals surface area contributed by atoms with Crippen LogP contribution in [-0.4, -0.2) is 17.7 Å². The highest BCUT2D eigenvalue weighted by molar-refractivity contribution is 7.54. The lowest BCUT2D eigenvalue weighted by molar-refractivity contribution is -0.384. The van der Waals surface area contributed by atoms with Crippen molar-refractivity contribution >= 4 is 13.3 Å². The Bertz CT molecular complexity index is 518. The van der Waals surface area contributed by atoms with Crippen LogP contribution in [0.4, 0.5) is 5.69 Å². The Kier molecular flexibility index (Phi) is 8.89. The van der Waals surface area contributed by atoms with Gasteiger partial charge in [-0.15, -0.1) is 0 Å². The summed E-state index contributed by atoms with van der Waals surface area (Å²) in [5.74, 6) is 0.332. The second-order valence-electron chi connectivity index (χ2n) is 5.36. The van der Waals surface area contributed by atoms with E-state index in [1.807, 2.05) is 0 Å². The second-order valence-corrected chi connectivity index (χ2v) is 7.47. The summed E-state index contributed by atoms with van der Waals surface area (Å²) in [4.78, 5) is 10.2. The van der Waals surface area contributed by atoms with Crippen molar-refractivity contribution in [2.24, 2.45) is 0 Å². The largest absolute Gasteiger partial charge is 0.424 e. The maximum absolute atomic E-state index is 12.7. The number of nitro benzene ring substituents is 1. The highest BCUT2D eigenvalue weighted by atomic mass is 31.2. The molecule has 0 N–H and O–H groups in total. The first-order valence-corrected chi connectivity index (χ1v) is 9.91. The summed E-state index contributed by atoms with van der Waals surface area (Å²) >= 11 is 0. The van der Waals surface area contributed by atoms with Crippen LogP contribution >= 0.6 is 7.60 Å². The van der Waals surface area contributed by atoms with Crippen LogP contribution in [0, 0.1) is 10.1 Å². The Morgan fingerprint density at radius 1 is 1.04 bits per heavy atom. The van der Waals surface area contributed by atoms with E-state index in [0.717, 1.165) is 19.3 Å². The topological polar surface area (TPSA) is 78.7 Å². The quantitative estimate of drug-likeness (QED) is 0.215. The van der Waals surface area contributed by atoms with Crippen LogP contribution in [0.1, 0.15) is 52.4 Å². The van der Waals surface area contributed by atoms with Crippen molar-refractivity contribution < 1.29 is 18.5 Å². The molecule has 0 saturated carbocycles. The Morgan fingerprint density at radius 2 is 1.65 bits per heavy atom. The van der Waals surface area contributed by atoms with Crippen molar-refractivity contribution in [2.45, 2.75) is 52.4 Å². The fourth-order valence-corrected chi connectivity index (χ4v) is 3.93. The van der Waals surface area contributed by atoms with E-state index >= 15 is 0 Å². The van der Waals surface area contributed by atoms with E-state index in [1.54, 1.807) is 6.92 Å². The van der Waals surface area contributed by atoms with E-state index < -0.39 is 12.5 Å². The van der Waals surface area contributed by atoms with Crippen molar-refractivity contribution in [3.8, 4) is 5.75 Å². The van der Waals surface area contributed by atoms with Gasteiger partial charge >= 0.3 is 7.60 Å². The number of non-ortho nitro benzene ring substituents is 1. The lowest BCUT2D eigenvalue weighted by Crippen LogP contribution is -2.03. The zero-order chi connectivity index (χ0) is 17.1. The molecule has 7 heteroatoms. The Labute approximate surface area is 137 Å². The third-order valence-electron chi connectivity index (χ3n) is 3.40. The first kappa shape index (κ1) is 19.7. The molecular formula is C16H26NO5P. The third-order valence-corrected chi connectivity index (χ3v) is 5.41. The molecule has 0 heterocycles. The highest BCUT2D eigenvalue weighted by Crippen LogP contribution is 2.49. The van der Waals surface area contributed by atoms with E-state index in [9.17, 15) is 14.7 Å². The van der Waals surface area contributed by atoms with Gasteiger partial charge < -0.3 is 9.05 Å². The van der Waals surface area contributed by atoms with Gasteiger partial charge in [0.25, 0.3) is 5.69 Å². The van der Waals surface area contributed by atoms with Gasteiger partial charge in [-0.25, -0.2) is 4.57 Å². The molecule has 0 fully saturated rings. The van der Waals surface area contributed by atoms with Gasteiger partial charge in [0.2, 0.25) is 0 Å². The highest BCUT2D eigenvalue weighted by Gasteiger charge is 2.25. The van der Waals surface area contributed by atoms with E-state index in [2.05, 4.69) is 6.92 Å². The fraction of sp³-hybridized carbons (Fsp3) is 0.625. The van der Waals surface area contributed by atoms with Crippen LogP contribution in [0.5, 0.6) is 5.75 Å². The van der Waals surface area contributed by atoms with Crippen LogP contribution in [0.3, 0.4) is 0 Å². The predicted octanol–water partition coefficient (Wildman–Crippen LogP) is 5.56. The summed E-state index contributed by atoms with van der Waals surface area (Å²) in [6.45, 7) is 4.24. The Hall–Kier alpha value is -1.39. The van der Waals surface area contributed by atoms with Gasteiger partial charge in [-0.3, -0.25) is 10.1 Å². The van der Waals surface area contributed by atoms with Gasteiger partial charge in [0.1, 0.15) is 5.75 Å². The molecule has 0 spiro atoms. The van der Waals surface area contributed by atoms with Crippen LogP contribution < -0.4 is 4.52 Å². The van der Waals surface area contributed by atoms with E-state index in [-0.39, 0.29) is 5.69 Å². The summed E-state index contributed by atoms with van der Waals surface area (Å²) in [5, 5.41) is 10.6. The molecule has 1 aromatic rings. The molecule has 0 bridgehead atoms. The zero-order valence-corrected chi connectivity index (χ0v) is 14.8. The first-order valence-electron chi connectivity index (χ1n) is 8.18. The average Bonchev–Trinajstić information content (AvgIpc) is 2.51. The Balaban J connectivity index is 2.54. The maximum Gasteiger partial charge on any atom is 0.379 e. The molecule has 1 rings (SSSR count). The van der Waals surface area contributed by atoms with Crippen LogP contribution in [0.25, 0.3) is 0 Å². The fourth-order valence-electron chi connectivity index (χ4n) is 2.21. The van der Waals surface area contributed by atoms with E-state index in [1.165, 1.54) is 43.5 Å². The minimum absolute atomic E-state index is 0.0282. The lowest BCUT2D eigenvalue weighted by atomic mass is 10.1. The number of nitrogens with zero attached hydrogens (tertiary/aromatic N) is 1. The van der Waals surface area contributed by atoms with Crippen molar-refractivity contribution in [2.75, 3.05) is 12.8 Å². The summed E-state index contributed by atoms with van der Waals surface area (Å²) < 4.78 is 23.6. The summed E-state index contributed by atoms with van der Waals surface area (Å²) in [7, 11) is -3.21. The predicted molar refractivity (Wildman–Crippen MR) is 91.2 cm³/mol. The summed E-state index contributed by atoms with van der Waals surface area (Å²) in [6.07, 6.45) is 6.89. The SMILES string of the molecule is CCCCCCCCP(=O)(OCC)Oc1ccc([N+](=O)[O-])cc1.